The predicted molar refractivity (Wildman–Crippen MR) is 71.9 cm³/mol. The lowest BCUT2D eigenvalue weighted by Gasteiger charge is -2.05. The number of rotatable bonds is 3. The summed E-state index contributed by atoms with van der Waals surface area (Å²) in [5.41, 5.74) is 0.735. The molecule has 0 unspecified atom stereocenters. The number of hydrogen-bond donors (Lipinski definition) is 2. The van der Waals surface area contributed by atoms with E-state index in [-0.39, 0.29) is 11.1 Å². The van der Waals surface area contributed by atoms with Crippen LogP contribution in [-0.4, -0.2) is 21.0 Å². The topological polar surface area (TPSA) is 83.0 Å². The number of benzene rings is 1. The molecule has 0 amide bonds. The first-order valence-electron chi connectivity index (χ1n) is 5.55. The molecule has 1 aromatic heterocycles. The summed E-state index contributed by atoms with van der Waals surface area (Å²) in [4.78, 5) is 29.9. The van der Waals surface area contributed by atoms with Crippen molar-refractivity contribution >= 4 is 17.7 Å². The molecule has 0 aliphatic heterocycles. The van der Waals surface area contributed by atoms with Crippen LogP contribution in [0.2, 0.25) is 0 Å². The Morgan fingerprint density at radius 1 is 1.32 bits per heavy atom. The van der Waals surface area contributed by atoms with Crippen LogP contribution in [0.4, 0.5) is 0 Å². The Bertz CT molecular complexity index is 695. The van der Waals surface area contributed by atoms with Crippen LogP contribution in [0.25, 0.3) is 0 Å². The zero-order valence-electron chi connectivity index (χ0n) is 10.4. The highest BCUT2D eigenvalue weighted by molar-refractivity contribution is 7.99. The van der Waals surface area contributed by atoms with Crippen LogP contribution < -0.4 is 5.56 Å². The van der Waals surface area contributed by atoms with Crippen LogP contribution in [0, 0.1) is 13.8 Å². The summed E-state index contributed by atoms with van der Waals surface area (Å²) in [5, 5.41) is 9.61. The van der Waals surface area contributed by atoms with Gasteiger partial charge in [0, 0.05) is 11.0 Å². The number of carboxylic acids is 1. The number of H-pyrrole nitrogens is 1. The minimum atomic E-state index is -0.963. The van der Waals surface area contributed by atoms with Crippen molar-refractivity contribution in [3.05, 3.63) is 51.6 Å². The van der Waals surface area contributed by atoms with Gasteiger partial charge in [-0.2, -0.15) is 0 Å². The molecule has 0 atom stereocenters. The van der Waals surface area contributed by atoms with Crippen molar-refractivity contribution in [1.82, 2.24) is 9.97 Å². The van der Waals surface area contributed by atoms with Crippen LogP contribution in [0.15, 0.2) is 39.0 Å². The lowest BCUT2D eigenvalue weighted by Crippen LogP contribution is -2.08. The molecule has 5 nitrogen and oxygen atoms in total. The van der Waals surface area contributed by atoms with Crippen molar-refractivity contribution < 1.29 is 9.90 Å². The molecule has 0 fully saturated rings. The molecule has 0 bridgehead atoms. The van der Waals surface area contributed by atoms with Gasteiger partial charge in [0.25, 0.3) is 5.56 Å². The largest absolute Gasteiger partial charge is 0.478 e. The molecule has 1 heterocycles. The minimum Gasteiger partial charge on any atom is -0.478 e. The highest BCUT2D eigenvalue weighted by Crippen LogP contribution is 2.27. The molecule has 1 aromatic carbocycles. The molecule has 6 heteroatoms. The second kappa shape index (κ2) is 5.27. The fourth-order valence-electron chi connectivity index (χ4n) is 1.62. The lowest BCUT2D eigenvalue weighted by atomic mass is 10.1. The van der Waals surface area contributed by atoms with Crippen molar-refractivity contribution in [2.75, 3.05) is 0 Å². The van der Waals surface area contributed by atoms with E-state index in [1.165, 1.54) is 17.8 Å². The molecular formula is C13H12N2O3S. The maximum absolute atomic E-state index is 11.3. The van der Waals surface area contributed by atoms with Gasteiger partial charge in [-0.25, -0.2) is 9.78 Å². The van der Waals surface area contributed by atoms with Gasteiger partial charge in [-0.3, -0.25) is 4.79 Å². The van der Waals surface area contributed by atoms with Crippen LogP contribution in [-0.2, 0) is 0 Å². The molecule has 0 saturated carbocycles. The maximum atomic E-state index is 11.3. The van der Waals surface area contributed by atoms with Crippen LogP contribution in [0.1, 0.15) is 21.7 Å². The van der Waals surface area contributed by atoms with Gasteiger partial charge in [-0.05, 0) is 31.5 Å². The summed E-state index contributed by atoms with van der Waals surface area (Å²) in [6, 6.07) is 6.52. The Balaban J connectivity index is 2.36. The summed E-state index contributed by atoms with van der Waals surface area (Å²) in [6.07, 6.45) is 0. The number of nitrogens with one attached hydrogen (secondary N) is 1. The molecule has 19 heavy (non-hydrogen) atoms. The van der Waals surface area contributed by atoms with Crippen LogP contribution >= 0.6 is 11.8 Å². The monoisotopic (exact) mass is 276 g/mol. The van der Waals surface area contributed by atoms with E-state index in [2.05, 4.69) is 9.97 Å². The fourth-order valence-corrected chi connectivity index (χ4v) is 2.52. The van der Waals surface area contributed by atoms with Crippen LogP contribution in [0.5, 0.6) is 0 Å². The average molecular weight is 276 g/mol. The maximum Gasteiger partial charge on any atom is 0.335 e. The first-order chi connectivity index (χ1) is 8.95. The summed E-state index contributed by atoms with van der Waals surface area (Å²) in [5.74, 6) is -0.435. The Morgan fingerprint density at radius 2 is 2.05 bits per heavy atom. The zero-order chi connectivity index (χ0) is 14.0. The van der Waals surface area contributed by atoms with Gasteiger partial charge in [-0.15, -0.1) is 0 Å². The molecule has 2 rings (SSSR count). The van der Waals surface area contributed by atoms with Gasteiger partial charge in [0.05, 0.1) is 5.56 Å². The SMILES string of the molecule is Cc1nc(Sc2ccc(C)c(C(=O)O)c2)cc(=O)[nH]1. The smallest absolute Gasteiger partial charge is 0.335 e. The van der Waals surface area contributed by atoms with E-state index in [9.17, 15) is 9.59 Å². The number of aromatic amines is 1. The van der Waals surface area contributed by atoms with Gasteiger partial charge >= 0.3 is 5.97 Å². The van der Waals surface area contributed by atoms with E-state index >= 15 is 0 Å². The van der Waals surface area contributed by atoms with E-state index in [0.717, 1.165) is 4.90 Å². The van der Waals surface area contributed by atoms with Gasteiger partial charge in [0.15, 0.2) is 0 Å². The molecule has 2 aromatic rings. The standard InChI is InChI=1S/C13H12N2O3S/c1-7-3-4-9(5-10(7)13(17)18)19-12-6-11(16)14-8(2)15-12/h3-6H,1-2H3,(H,17,18)(H,14,15,16). The quantitative estimate of drug-likeness (QED) is 0.840. The number of carbonyl (C=O) groups is 1. The van der Waals surface area contributed by atoms with Gasteiger partial charge in [0.2, 0.25) is 0 Å². The number of nitrogens with zero attached hydrogens (tertiary/aromatic N) is 1. The molecule has 98 valence electrons. The number of hydrogen-bond acceptors (Lipinski definition) is 4. The lowest BCUT2D eigenvalue weighted by molar-refractivity contribution is 0.0696. The number of aromatic carboxylic acids is 1. The number of aromatic nitrogens is 2. The van der Waals surface area contributed by atoms with Gasteiger partial charge in [0.1, 0.15) is 10.9 Å². The number of carboxylic acid groups (broad SMARTS) is 1. The molecule has 0 saturated heterocycles. The third-order valence-electron chi connectivity index (χ3n) is 2.50. The van der Waals surface area contributed by atoms with E-state index < -0.39 is 5.97 Å². The van der Waals surface area contributed by atoms with E-state index in [0.29, 0.717) is 16.4 Å². The third kappa shape index (κ3) is 3.23. The highest BCUT2D eigenvalue weighted by Gasteiger charge is 2.09. The average Bonchev–Trinajstić information content (AvgIpc) is 2.30. The van der Waals surface area contributed by atoms with E-state index in [1.807, 2.05) is 6.07 Å². The van der Waals surface area contributed by atoms with E-state index in [1.54, 1.807) is 26.0 Å². The Labute approximate surface area is 113 Å². The zero-order valence-corrected chi connectivity index (χ0v) is 11.2. The first kappa shape index (κ1) is 13.4. The predicted octanol–water partition coefficient (Wildman–Crippen LogP) is 2.24. The van der Waals surface area contributed by atoms with Crippen molar-refractivity contribution in [3.63, 3.8) is 0 Å². The molecule has 0 spiro atoms. The van der Waals surface area contributed by atoms with Crippen molar-refractivity contribution in [2.45, 2.75) is 23.8 Å². The second-order valence-electron chi connectivity index (χ2n) is 4.05. The summed E-state index contributed by atoms with van der Waals surface area (Å²) in [7, 11) is 0. The Kier molecular flexibility index (Phi) is 3.71. The summed E-state index contributed by atoms with van der Waals surface area (Å²) < 4.78 is 0. The van der Waals surface area contributed by atoms with Crippen molar-refractivity contribution in [2.24, 2.45) is 0 Å². The molecule has 0 radical (unpaired) electrons. The Hall–Kier alpha value is -2.08. The highest BCUT2D eigenvalue weighted by atomic mass is 32.2. The normalized spacial score (nSPS) is 10.4. The fraction of sp³-hybridized carbons (Fsp3) is 0.154. The molecule has 2 N–H and O–H groups in total. The second-order valence-corrected chi connectivity index (χ2v) is 5.15. The molecular weight excluding hydrogens is 264 g/mol. The Morgan fingerprint density at radius 3 is 2.68 bits per heavy atom. The summed E-state index contributed by atoms with van der Waals surface area (Å²) in [6.45, 7) is 3.44. The molecule has 0 aliphatic rings. The third-order valence-corrected chi connectivity index (χ3v) is 3.41. The van der Waals surface area contributed by atoms with Crippen LogP contribution in [0.3, 0.4) is 0 Å². The number of aryl methyl sites for hydroxylation is 2. The first-order valence-corrected chi connectivity index (χ1v) is 6.37. The van der Waals surface area contributed by atoms with Gasteiger partial charge < -0.3 is 10.1 Å². The minimum absolute atomic E-state index is 0.222. The van der Waals surface area contributed by atoms with Crippen molar-refractivity contribution in [3.8, 4) is 0 Å². The van der Waals surface area contributed by atoms with Gasteiger partial charge in [-0.1, -0.05) is 17.8 Å². The van der Waals surface area contributed by atoms with E-state index in [4.69, 9.17) is 5.11 Å². The summed E-state index contributed by atoms with van der Waals surface area (Å²) >= 11 is 1.26. The molecule has 0 aliphatic carbocycles. The van der Waals surface area contributed by atoms with Crippen molar-refractivity contribution in [1.29, 1.82) is 0 Å².